The summed E-state index contributed by atoms with van der Waals surface area (Å²) in [5.41, 5.74) is 2.53. The van der Waals surface area contributed by atoms with Crippen LogP contribution in [-0.4, -0.2) is 12.9 Å². The highest BCUT2D eigenvalue weighted by atomic mass is 32.4. The molecule has 0 heterocycles. The summed E-state index contributed by atoms with van der Waals surface area (Å²) in [6.45, 7) is 7.15. The van der Waals surface area contributed by atoms with Gasteiger partial charge in [0.1, 0.15) is 7.22 Å². The summed E-state index contributed by atoms with van der Waals surface area (Å²) in [5, 5.41) is 0. The molecule has 0 atom stereocenters. The number of benzene rings is 1. The zero-order valence-electron chi connectivity index (χ0n) is 11.7. The second kappa shape index (κ2) is 6.07. The Morgan fingerprint density at radius 1 is 0.944 bits per heavy atom. The van der Waals surface area contributed by atoms with Crippen LogP contribution in [0.2, 0.25) is 19.6 Å². The molecule has 18 heavy (non-hydrogen) atoms. The van der Waals surface area contributed by atoms with Gasteiger partial charge in [0, 0.05) is 10.6 Å². The molecule has 0 aliphatic heterocycles. The van der Waals surface area contributed by atoms with Crippen LogP contribution >= 0.6 is 11.2 Å². The lowest BCUT2D eigenvalue weighted by Crippen LogP contribution is -2.13. The highest BCUT2D eigenvalue weighted by Gasteiger charge is 2.14. The van der Waals surface area contributed by atoms with Crippen LogP contribution in [0.1, 0.15) is 32.1 Å². The molecule has 3 heteroatoms. The first kappa shape index (κ1) is 13.9. The highest BCUT2D eigenvalue weighted by molar-refractivity contribution is 8.28. The summed E-state index contributed by atoms with van der Waals surface area (Å²) in [4.78, 5) is 6.16. The Morgan fingerprint density at radius 2 is 1.56 bits per heavy atom. The van der Waals surface area contributed by atoms with Crippen LogP contribution in [0.25, 0.3) is 0 Å². The molecular formula is C15H23NSSi. The third kappa shape index (κ3) is 4.62. The van der Waals surface area contributed by atoms with Gasteiger partial charge in [0.15, 0.2) is 0 Å². The molecule has 2 rings (SSSR count). The molecule has 0 amide bonds. The van der Waals surface area contributed by atoms with E-state index in [0.29, 0.717) is 0 Å². The Balaban J connectivity index is 2.03. The van der Waals surface area contributed by atoms with Crippen molar-refractivity contribution < 1.29 is 0 Å². The van der Waals surface area contributed by atoms with Crippen LogP contribution in [0, 0.1) is 0 Å². The van der Waals surface area contributed by atoms with E-state index in [4.69, 9.17) is 4.99 Å². The number of hydrogen-bond acceptors (Lipinski definition) is 2. The van der Waals surface area contributed by atoms with Gasteiger partial charge in [0.25, 0.3) is 0 Å². The van der Waals surface area contributed by atoms with Gasteiger partial charge in [-0.1, -0.05) is 26.1 Å². The Bertz CT molecular complexity index is 409. The zero-order chi connectivity index (χ0) is 13.0. The van der Waals surface area contributed by atoms with E-state index in [9.17, 15) is 0 Å². The summed E-state index contributed by atoms with van der Waals surface area (Å²) >= 11 is 2.05. The Labute approximate surface area is 116 Å². The molecule has 0 unspecified atom stereocenters. The maximum absolute atomic E-state index is 4.77. The highest BCUT2D eigenvalue weighted by Crippen LogP contribution is 2.30. The fourth-order valence-corrected chi connectivity index (χ4v) is 5.71. The SMILES string of the molecule is C[Si](C)(C)Sc1ccc(N=C2CCCCC2)cc1. The molecule has 1 nitrogen and oxygen atoms in total. The van der Waals surface area contributed by atoms with Gasteiger partial charge in [-0.3, -0.25) is 4.99 Å². The molecule has 0 aromatic heterocycles. The maximum Gasteiger partial charge on any atom is 0.114 e. The molecule has 1 aliphatic rings. The number of nitrogens with zero attached hydrogens (tertiary/aromatic N) is 1. The fourth-order valence-electron chi connectivity index (χ4n) is 2.20. The molecule has 0 spiro atoms. The molecule has 98 valence electrons. The maximum atomic E-state index is 4.77. The van der Waals surface area contributed by atoms with E-state index in [-0.39, 0.29) is 0 Å². The predicted octanol–water partition coefficient (Wildman–Crippen LogP) is 5.65. The number of rotatable bonds is 3. The lowest BCUT2D eigenvalue weighted by atomic mass is 9.98. The van der Waals surface area contributed by atoms with Crippen LogP contribution < -0.4 is 0 Å². The van der Waals surface area contributed by atoms with Crippen molar-refractivity contribution in [2.45, 2.75) is 56.6 Å². The average molecular weight is 278 g/mol. The van der Waals surface area contributed by atoms with Gasteiger partial charge >= 0.3 is 0 Å². The summed E-state index contributed by atoms with van der Waals surface area (Å²) < 4.78 is 0. The largest absolute Gasteiger partial charge is 0.258 e. The van der Waals surface area contributed by atoms with Gasteiger partial charge in [-0.25, -0.2) is 0 Å². The van der Waals surface area contributed by atoms with E-state index in [1.165, 1.54) is 42.7 Å². The average Bonchev–Trinajstić information content (AvgIpc) is 2.31. The van der Waals surface area contributed by atoms with Crippen molar-refractivity contribution in [3.8, 4) is 0 Å². The molecular weight excluding hydrogens is 254 g/mol. The molecule has 1 fully saturated rings. The van der Waals surface area contributed by atoms with Crippen LogP contribution in [-0.2, 0) is 0 Å². The molecule has 1 aliphatic carbocycles. The molecule has 0 radical (unpaired) electrons. The molecule has 1 saturated carbocycles. The predicted molar refractivity (Wildman–Crippen MR) is 85.8 cm³/mol. The minimum absolute atomic E-state index is 1.08. The summed E-state index contributed by atoms with van der Waals surface area (Å²) in [5.74, 6) is 0. The summed E-state index contributed by atoms with van der Waals surface area (Å²) in [6, 6.07) is 8.80. The molecule has 1 aromatic rings. The lowest BCUT2D eigenvalue weighted by Gasteiger charge is -2.15. The second-order valence-electron chi connectivity index (χ2n) is 5.95. The van der Waals surface area contributed by atoms with E-state index < -0.39 is 7.22 Å². The van der Waals surface area contributed by atoms with Crippen molar-refractivity contribution in [1.82, 2.24) is 0 Å². The van der Waals surface area contributed by atoms with Gasteiger partial charge in [-0.2, -0.15) is 11.2 Å². The monoisotopic (exact) mass is 277 g/mol. The van der Waals surface area contributed by atoms with Gasteiger partial charge < -0.3 is 0 Å². The van der Waals surface area contributed by atoms with E-state index in [2.05, 4.69) is 43.9 Å². The van der Waals surface area contributed by atoms with E-state index in [1.807, 2.05) is 11.2 Å². The van der Waals surface area contributed by atoms with Crippen molar-refractivity contribution in [3.63, 3.8) is 0 Å². The van der Waals surface area contributed by atoms with Crippen molar-refractivity contribution in [2.24, 2.45) is 4.99 Å². The third-order valence-corrected chi connectivity index (χ3v) is 6.64. The minimum Gasteiger partial charge on any atom is -0.258 e. The van der Waals surface area contributed by atoms with Crippen molar-refractivity contribution >= 4 is 29.8 Å². The normalized spacial score (nSPS) is 16.7. The third-order valence-electron chi connectivity index (χ3n) is 2.98. The second-order valence-corrected chi connectivity index (χ2v) is 15.1. The quantitative estimate of drug-likeness (QED) is 0.650. The van der Waals surface area contributed by atoms with Crippen LogP contribution in [0.3, 0.4) is 0 Å². The summed E-state index contributed by atoms with van der Waals surface area (Å²) in [6.07, 6.45) is 6.42. The summed E-state index contributed by atoms with van der Waals surface area (Å²) in [7, 11) is -1.08. The fraction of sp³-hybridized carbons (Fsp3) is 0.533. The van der Waals surface area contributed by atoms with Gasteiger partial charge in [0.2, 0.25) is 0 Å². The number of aliphatic imine (C=N–C) groups is 1. The molecule has 0 saturated heterocycles. The molecule has 0 N–H and O–H groups in total. The van der Waals surface area contributed by atoms with Gasteiger partial charge in [-0.15, -0.1) is 0 Å². The minimum atomic E-state index is -1.08. The Morgan fingerprint density at radius 3 is 2.11 bits per heavy atom. The molecule has 0 bridgehead atoms. The van der Waals surface area contributed by atoms with Crippen molar-refractivity contribution in [1.29, 1.82) is 0 Å². The smallest absolute Gasteiger partial charge is 0.114 e. The molecule has 1 aromatic carbocycles. The van der Waals surface area contributed by atoms with Gasteiger partial charge in [0.05, 0.1) is 5.69 Å². The van der Waals surface area contributed by atoms with E-state index in [1.54, 1.807) is 0 Å². The van der Waals surface area contributed by atoms with Crippen molar-refractivity contribution in [2.75, 3.05) is 0 Å². The Kier molecular flexibility index (Phi) is 4.68. The number of hydrogen-bond donors (Lipinski definition) is 0. The zero-order valence-corrected chi connectivity index (χ0v) is 13.5. The van der Waals surface area contributed by atoms with E-state index in [0.717, 1.165) is 5.69 Å². The first-order valence-corrected chi connectivity index (χ1v) is 11.9. The standard InChI is InChI=1S/C15H23NSSi/c1-18(2,3)17-15-11-9-14(10-12-15)16-13-7-5-4-6-8-13/h9-12H,4-8H2,1-3H3. The topological polar surface area (TPSA) is 12.4 Å². The Hall–Kier alpha value is -0.543. The van der Waals surface area contributed by atoms with Gasteiger partial charge in [-0.05, 0) is 49.9 Å². The first-order chi connectivity index (χ1) is 8.53. The lowest BCUT2D eigenvalue weighted by molar-refractivity contribution is 0.667. The van der Waals surface area contributed by atoms with Crippen LogP contribution in [0.4, 0.5) is 5.69 Å². The first-order valence-electron chi connectivity index (χ1n) is 6.88. The van der Waals surface area contributed by atoms with Crippen molar-refractivity contribution in [3.05, 3.63) is 24.3 Å². The van der Waals surface area contributed by atoms with Crippen LogP contribution in [0.5, 0.6) is 0 Å². The van der Waals surface area contributed by atoms with E-state index >= 15 is 0 Å². The van der Waals surface area contributed by atoms with Crippen LogP contribution in [0.15, 0.2) is 34.2 Å².